The van der Waals surface area contributed by atoms with Gasteiger partial charge >= 0.3 is 5.43 Å². The van der Waals surface area contributed by atoms with Gasteiger partial charge in [0.25, 0.3) is 0 Å². The molecule has 1 aliphatic rings. The lowest BCUT2D eigenvalue weighted by atomic mass is 9.96. The highest BCUT2D eigenvalue weighted by Gasteiger charge is 2.59. The quantitative estimate of drug-likeness (QED) is 0.283. The first-order valence-electron chi connectivity index (χ1n) is 10.7. The Balaban J connectivity index is 1.92. The summed E-state index contributed by atoms with van der Waals surface area (Å²) in [5.41, 5.74) is 4.00. The molecule has 0 aliphatic heterocycles. The van der Waals surface area contributed by atoms with Gasteiger partial charge in [-0.05, 0) is 22.3 Å². The van der Waals surface area contributed by atoms with Gasteiger partial charge in [-0.25, -0.2) is 4.79 Å². The Hall–Kier alpha value is -3.14. The zero-order chi connectivity index (χ0) is 22.2. The topological polar surface area (TPSA) is 26.3 Å². The number of benzene rings is 4. The van der Waals surface area contributed by atoms with E-state index in [2.05, 4.69) is 104 Å². The van der Waals surface area contributed by atoms with Crippen molar-refractivity contribution < 1.29 is 9.53 Å². The third-order valence-corrected chi connectivity index (χ3v) is 12.5. The van der Waals surface area contributed by atoms with Crippen molar-refractivity contribution in [2.75, 3.05) is 6.61 Å². The molecule has 158 valence electrons. The summed E-state index contributed by atoms with van der Waals surface area (Å²) in [6.45, 7) is 2.58. The van der Waals surface area contributed by atoms with E-state index in [0.717, 1.165) is 0 Å². The lowest BCUT2D eigenvalue weighted by Gasteiger charge is -2.46. The third-order valence-electron chi connectivity index (χ3n) is 7.02. The van der Waals surface area contributed by atoms with Crippen molar-refractivity contribution in [1.29, 1.82) is 0 Å². The number of carbonyl (C=O) groups excluding carboxylic acids is 1. The molecule has 0 atom stereocenters. The van der Waals surface area contributed by atoms with Crippen molar-refractivity contribution in [3.63, 3.8) is 0 Å². The molecule has 32 heavy (non-hydrogen) atoms. The average Bonchev–Trinajstić information content (AvgIpc) is 3.14. The number of fused-ring (bicyclic) bond motifs is 3. The maximum atomic E-state index is 11.9. The van der Waals surface area contributed by atoms with E-state index in [-0.39, 0.29) is 6.61 Å². The molecule has 4 heteroatoms. The monoisotopic (exact) mass is 454 g/mol. The van der Waals surface area contributed by atoms with Crippen LogP contribution in [0.3, 0.4) is 0 Å². The second kappa shape index (κ2) is 8.08. The fourth-order valence-electron chi connectivity index (χ4n) is 5.53. The van der Waals surface area contributed by atoms with Gasteiger partial charge in [-0.1, -0.05) is 126 Å². The Kier molecular flexibility index (Phi) is 5.24. The Bertz CT molecular complexity index is 1190. The van der Waals surface area contributed by atoms with Crippen molar-refractivity contribution in [3.8, 4) is 11.1 Å². The van der Waals surface area contributed by atoms with Crippen molar-refractivity contribution in [2.24, 2.45) is 0 Å². The molecule has 2 nitrogen and oxygen atoms in total. The zero-order valence-electron chi connectivity index (χ0n) is 17.8. The molecular weight excluding hydrogens is 432 g/mol. The zero-order valence-corrected chi connectivity index (χ0v) is 19.5. The predicted molar refractivity (Wildman–Crippen MR) is 134 cm³/mol. The minimum atomic E-state index is -2.62. The Labute approximate surface area is 194 Å². The normalized spacial score (nSPS) is 13.8. The van der Waals surface area contributed by atoms with Crippen LogP contribution < -0.4 is 10.4 Å². The molecule has 0 unspecified atom stereocenters. The lowest BCUT2D eigenvalue weighted by molar-refractivity contribution is 0.163. The lowest BCUT2D eigenvalue weighted by Crippen LogP contribution is -2.71. The van der Waals surface area contributed by atoms with Crippen LogP contribution in [0.25, 0.3) is 11.1 Å². The van der Waals surface area contributed by atoms with E-state index in [4.69, 9.17) is 16.3 Å². The van der Waals surface area contributed by atoms with Crippen LogP contribution in [-0.4, -0.2) is 20.1 Å². The van der Waals surface area contributed by atoms with Gasteiger partial charge in [-0.15, -0.1) is 0 Å². The van der Waals surface area contributed by atoms with Gasteiger partial charge < -0.3 is 4.74 Å². The SMILES string of the molecule is C[Si](c1ccccc1)(c1ccccc1)C1(COC(=O)Cl)c2ccccc2-c2ccccc21. The van der Waals surface area contributed by atoms with E-state index < -0.39 is 18.5 Å². The summed E-state index contributed by atoms with van der Waals surface area (Å²) in [5.74, 6) is 0. The number of rotatable bonds is 5. The fourth-order valence-corrected chi connectivity index (χ4v) is 10.5. The molecule has 0 aromatic heterocycles. The number of halogens is 1. The second-order valence-corrected chi connectivity index (χ2v) is 12.9. The van der Waals surface area contributed by atoms with Crippen LogP contribution in [-0.2, 0) is 9.78 Å². The molecule has 0 radical (unpaired) electrons. The molecule has 4 aromatic carbocycles. The van der Waals surface area contributed by atoms with Crippen molar-refractivity contribution in [1.82, 2.24) is 0 Å². The summed E-state index contributed by atoms with van der Waals surface area (Å²) in [5, 5.41) is 2.03. The smallest absolute Gasteiger partial charge is 0.403 e. The summed E-state index contributed by atoms with van der Waals surface area (Å²) in [7, 11) is -2.62. The number of hydrogen-bond donors (Lipinski definition) is 0. The molecule has 0 saturated heterocycles. The van der Waals surface area contributed by atoms with Gasteiger partial charge in [0.15, 0.2) is 0 Å². The largest absolute Gasteiger partial charge is 0.453 e. The van der Waals surface area contributed by atoms with Crippen LogP contribution in [0.1, 0.15) is 11.1 Å². The number of hydrogen-bond acceptors (Lipinski definition) is 2. The Morgan fingerprint density at radius 1 is 0.719 bits per heavy atom. The van der Waals surface area contributed by atoms with E-state index in [1.165, 1.54) is 32.6 Å². The van der Waals surface area contributed by atoms with Crippen molar-refractivity contribution in [3.05, 3.63) is 120 Å². The van der Waals surface area contributed by atoms with Crippen LogP contribution in [0.15, 0.2) is 109 Å². The summed E-state index contributed by atoms with van der Waals surface area (Å²) in [6.07, 6.45) is 0. The number of carbonyl (C=O) groups is 1. The van der Waals surface area contributed by atoms with Crippen LogP contribution >= 0.6 is 11.6 Å². The highest BCUT2D eigenvalue weighted by molar-refractivity contribution is 7.04. The average molecular weight is 455 g/mol. The van der Waals surface area contributed by atoms with Crippen molar-refractivity contribution in [2.45, 2.75) is 11.6 Å². The first kappa shape index (κ1) is 20.7. The molecule has 0 amide bonds. The Morgan fingerprint density at radius 2 is 1.12 bits per heavy atom. The molecule has 4 aromatic rings. The molecule has 0 bridgehead atoms. The van der Waals surface area contributed by atoms with E-state index in [0.29, 0.717) is 0 Å². The molecule has 0 N–H and O–H groups in total. The van der Waals surface area contributed by atoms with E-state index >= 15 is 0 Å². The van der Waals surface area contributed by atoms with Gasteiger partial charge in [-0.3, -0.25) is 0 Å². The van der Waals surface area contributed by atoms with Gasteiger partial charge in [-0.2, -0.15) is 0 Å². The molecule has 1 aliphatic carbocycles. The van der Waals surface area contributed by atoms with Crippen LogP contribution in [0, 0.1) is 0 Å². The summed E-state index contributed by atoms with van der Waals surface area (Å²) >= 11 is 5.77. The van der Waals surface area contributed by atoms with Gasteiger partial charge in [0, 0.05) is 11.6 Å². The Morgan fingerprint density at radius 3 is 1.56 bits per heavy atom. The minimum absolute atomic E-state index is 0.190. The summed E-state index contributed by atoms with van der Waals surface area (Å²) < 4.78 is 5.69. The van der Waals surface area contributed by atoms with Gasteiger partial charge in [0.1, 0.15) is 14.7 Å². The van der Waals surface area contributed by atoms with Crippen LogP contribution in [0.4, 0.5) is 4.79 Å². The molecular formula is C28H23ClO2Si. The van der Waals surface area contributed by atoms with Crippen LogP contribution in [0.5, 0.6) is 0 Å². The highest BCUT2D eigenvalue weighted by Crippen LogP contribution is 2.53. The van der Waals surface area contributed by atoms with Crippen molar-refractivity contribution >= 4 is 35.5 Å². The van der Waals surface area contributed by atoms with Gasteiger partial charge in [0.2, 0.25) is 0 Å². The maximum Gasteiger partial charge on any atom is 0.403 e. The third kappa shape index (κ3) is 2.96. The first-order valence-corrected chi connectivity index (χ1v) is 13.6. The molecule has 5 rings (SSSR count). The fraction of sp³-hybridized carbons (Fsp3) is 0.107. The first-order chi connectivity index (χ1) is 15.6. The second-order valence-electron chi connectivity index (χ2n) is 8.38. The number of ether oxygens (including phenoxy) is 1. The minimum Gasteiger partial charge on any atom is -0.453 e. The molecule has 0 heterocycles. The van der Waals surface area contributed by atoms with Gasteiger partial charge in [0.05, 0.1) is 5.04 Å². The highest BCUT2D eigenvalue weighted by atomic mass is 35.5. The maximum absolute atomic E-state index is 11.9. The predicted octanol–water partition coefficient (Wildman–Crippen LogP) is 5.76. The molecule has 0 fully saturated rings. The van der Waals surface area contributed by atoms with E-state index in [9.17, 15) is 4.79 Å². The van der Waals surface area contributed by atoms with E-state index in [1.807, 2.05) is 12.1 Å². The molecule has 0 spiro atoms. The van der Waals surface area contributed by atoms with Crippen LogP contribution in [0.2, 0.25) is 6.55 Å². The standard InChI is InChI=1S/C28H23ClO2Si/c1-32(21-12-4-2-5-13-21,22-14-6-3-7-15-22)28(20-31-27(29)30)25-18-10-8-16-23(25)24-17-9-11-19-26(24)28/h2-19H,20H2,1H3. The van der Waals surface area contributed by atoms with E-state index in [1.54, 1.807) is 0 Å². The molecule has 0 saturated carbocycles. The summed E-state index contributed by atoms with van der Waals surface area (Å²) in [6, 6.07) is 38.3. The summed E-state index contributed by atoms with van der Waals surface area (Å²) in [4.78, 5) is 11.9.